The van der Waals surface area contributed by atoms with Crippen LogP contribution in [0.15, 0.2) is 41.8 Å². The molecule has 0 amide bonds. The minimum absolute atomic E-state index is 0.274. The summed E-state index contributed by atoms with van der Waals surface area (Å²) in [7, 11) is 0. The minimum Gasteiger partial charge on any atom is -0.478 e. The highest BCUT2D eigenvalue weighted by Gasteiger charge is 2.03. The van der Waals surface area contributed by atoms with E-state index in [0.29, 0.717) is 0 Å². The number of aromatic carboxylic acids is 1. The third kappa shape index (κ3) is 2.62. The van der Waals surface area contributed by atoms with E-state index in [4.69, 9.17) is 5.11 Å². The molecule has 1 heterocycles. The van der Waals surface area contributed by atoms with Crippen LogP contribution in [0.4, 0.5) is 0 Å². The summed E-state index contributed by atoms with van der Waals surface area (Å²) in [5.41, 5.74) is 2.05. The molecule has 0 spiro atoms. The van der Waals surface area contributed by atoms with Gasteiger partial charge in [0.15, 0.2) is 5.16 Å². The lowest BCUT2D eigenvalue weighted by molar-refractivity contribution is 0.0697. The Morgan fingerprint density at radius 3 is 2.18 bits per heavy atom. The summed E-state index contributed by atoms with van der Waals surface area (Å²) in [6.07, 6.45) is 5.37. The third-order valence-corrected chi connectivity index (χ3v) is 2.85. The highest BCUT2D eigenvalue weighted by atomic mass is 32.2. The molecule has 17 heavy (non-hydrogen) atoms. The van der Waals surface area contributed by atoms with E-state index in [1.807, 2.05) is 6.26 Å². The summed E-state index contributed by atoms with van der Waals surface area (Å²) < 4.78 is 0. The fraction of sp³-hybridized carbons (Fsp3) is 0.0833. The van der Waals surface area contributed by atoms with Crippen molar-refractivity contribution in [3.8, 4) is 11.1 Å². The Balaban J connectivity index is 2.29. The number of aromatic nitrogens is 2. The Morgan fingerprint density at radius 2 is 1.71 bits per heavy atom. The number of nitrogens with zero attached hydrogens (tertiary/aromatic N) is 2. The lowest BCUT2D eigenvalue weighted by Gasteiger charge is -2.02. The summed E-state index contributed by atoms with van der Waals surface area (Å²) >= 11 is 1.48. The number of carboxylic acid groups (broad SMARTS) is 1. The summed E-state index contributed by atoms with van der Waals surface area (Å²) in [5, 5.41) is 9.51. The van der Waals surface area contributed by atoms with Crippen molar-refractivity contribution in [2.75, 3.05) is 6.26 Å². The molecule has 0 saturated carbocycles. The standard InChI is InChI=1S/C12H10N2O2S/c1-17-12-13-6-10(7-14-12)8-2-4-9(5-3-8)11(15)16/h2-7H,1H3,(H,15,16). The first-order chi connectivity index (χ1) is 8.20. The van der Waals surface area contributed by atoms with Gasteiger partial charge in [-0.05, 0) is 24.0 Å². The van der Waals surface area contributed by atoms with Gasteiger partial charge in [-0.15, -0.1) is 0 Å². The molecule has 1 aromatic carbocycles. The second-order valence-electron chi connectivity index (χ2n) is 3.34. The van der Waals surface area contributed by atoms with Gasteiger partial charge in [-0.25, -0.2) is 14.8 Å². The van der Waals surface area contributed by atoms with Crippen LogP contribution in [-0.4, -0.2) is 27.3 Å². The lowest BCUT2D eigenvalue weighted by atomic mass is 10.1. The van der Waals surface area contributed by atoms with Gasteiger partial charge in [-0.2, -0.15) is 0 Å². The topological polar surface area (TPSA) is 63.1 Å². The van der Waals surface area contributed by atoms with Crippen LogP contribution in [0, 0.1) is 0 Å². The molecule has 0 bridgehead atoms. The molecule has 0 unspecified atom stereocenters. The molecule has 1 aromatic heterocycles. The molecular weight excluding hydrogens is 236 g/mol. The molecule has 0 radical (unpaired) electrons. The Kier molecular flexibility index (Phi) is 3.39. The Morgan fingerprint density at radius 1 is 1.12 bits per heavy atom. The first-order valence-corrected chi connectivity index (χ1v) is 6.13. The van der Waals surface area contributed by atoms with Crippen molar-refractivity contribution >= 4 is 17.7 Å². The van der Waals surface area contributed by atoms with E-state index >= 15 is 0 Å². The van der Waals surface area contributed by atoms with E-state index in [2.05, 4.69) is 9.97 Å². The van der Waals surface area contributed by atoms with Gasteiger partial charge < -0.3 is 5.11 Å². The summed E-state index contributed by atoms with van der Waals surface area (Å²) in [6.45, 7) is 0. The molecule has 1 N–H and O–H groups in total. The van der Waals surface area contributed by atoms with Gasteiger partial charge in [-0.1, -0.05) is 23.9 Å². The van der Waals surface area contributed by atoms with Crippen molar-refractivity contribution < 1.29 is 9.90 Å². The van der Waals surface area contributed by atoms with Crippen LogP contribution in [-0.2, 0) is 0 Å². The maximum Gasteiger partial charge on any atom is 0.335 e. The molecular formula is C12H10N2O2S. The number of hydrogen-bond donors (Lipinski definition) is 1. The van der Waals surface area contributed by atoms with Gasteiger partial charge in [0, 0.05) is 18.0 Å². The predicted octanol–water partition coefficient (Wildman–Crippen LogP) is 2.56. The number of hydrogen-bond acceptors (Lipinski definition) is 4. The van der Waals surface area contributed by atoms with Gasteiger partial charge in [0.2, 0.25) is 0 Å². The number of rotatable bonds is 3. The highest BCUT2D eigenvalue weighted by Crippen LogP contribution is 2.19. The smallest absolute Gasteiger partial charge is 0.335 e. The van der Waals surface area contributed by atoms with Gasteiger partial charge in [0.05, 0.1) is 5.56 Å². The van der Waals surface area contributed by atoms with Gasteiger partial charge >= 0.3 is 5.97 Å². The molecule has 86 valence electrons. The Bertz CT molecular complexity index is 523. The van der Waals surface area contributed by atoms with Crippen LogP contribution < -0.4 is 0 Å². The number of carbonyl (C=O) groups is 1. The zero-order valence-corrected chi connectivity index (χ0v) is 9.94. The van der Waals surface area contributed by atoms with Gasteiger partial charge in [0.25, 0.3) is 0 Å². The van der Waals surface area contributed by atoms with Crippen LogP contribution >= 0.6 is 11.8 Å². The second-order valence-corrected chi connectivity index (χ2v) is 4.11. The predicted molar refractivity (Wildman–Crippen MR) is 66.2 cm³/mol. The molecule has 0 saturated heterocycles. The van der Waals surface area contributed by atoms with Crippen LogP contribution in [0.2, 0.25) is 0 Å². The first kappa shape index (κ1) is 11.6. The average molecular weight is 246 g/mol. The largest absolute Gasteiger partial charge is 0.478 e. The number of benzene rings is 1. The zero-order valence-electron chi connectivity index (χ0n) is 9.12. The Hall–Kier alpha value is -1.88. The van der Waals surface area contributed by atoms with Gasteiger partial charge in [0.1, 0.15) is 0 Å². The molecule has 0 aliphatic rings. The third-order valence-electron chi connectivity index (χ3n) is 2.28. The SMILES string of the molecule is CSc1ncc(-c2ccc(C(=O)O)cc2)cn1. The van der Waals surface area contributed by atoms with E-state index in [1.165, 1.54) is 11.8 Å². The molecule has 0 aliphatic carbocycles. The molecule has 0 atom stereocenters. The highest BCUT2D eigenvalue weighted by molar-refractivity contribution is 7.98. The van der Waals surface area contributed by atoms with Gasteiger partial charge in [-0.3, -0.25) is 0 Å². The quantitative estimate of drug-likeness (QED) is 0.666. The van der Waals surface area contributed by atoms with Crippen molar-refractivity contribution in [2.24, 2.45) is 0 Å². The van der Waals surface area contributed by atoms with E-state index in [0.717, 1.165) is 16.3 Å². The van der Waals surface area contributed by atoms with Crippen molar-refractivity contribution in [1.82, 2.24) is 9.97 Å². The molecule has 0 aliphatic heterocycles. The van der Waals surface area contributed by atoms with E-state index in [9.17, 15) is 4.79 Å². The van der Waals surface area contributed by atoms with E-state index < -0.39 is 5.97 Å². The monoisotopic (exact) mass is 246 g/mol. The van der Waals surface area contributed by atoms with Crippen LogP contribution in [0.3, 0.4) is 0 Å². The lowest BCUT2D eigenvalue weighted by Crippen LogP contribution is -1.95. The van der Waals surface area contributed by atoms with Crippen molar-refractivity contribution in [1.29, 1.82) is 0 Å². The average Bonchev–Trinajstić information content (AvgIpc) is 2.39. The summed E-state index contributed by atoms with van der Waals surface area (Å²) in [5.74, 6) is -0.925. The molecule has 0 fully saturated rings. The second kappa shape index (κ2) is 4.97. The Labute approximate surface area is 103 Å². The maximum absolute atomic E-state index is 10.7. The van der Waals surface area contributed by atoms with Crippen LogP contribution in [0.1, 0.15) is 10.4 Å². The van der Waals surface area contributed by atoms with Crippen LogP contribution in [0.25, 0.3) is 11.1 Å². The van der Waals surface area contributed by atoms with Crippen LogP contribution in [0.5, 0.6) is 0 Å². The minimum atomic E-state index is -0.925. The van der Waals surface area contributed by atoms with Crippen molar-refractivity contribution in [2.45, 2.75) is 5.16 Å². The first-order valence-electron chi connectivity index (χ1n) is 4.90. The maximum atomic E-state index is 10.7. The fourth-order valence-electron chi connectivity index (χ4n) is 1.38. The number of carboxylic acids is 1. The summed E-state index contributed by atoms with van der Waals surface area (Å²) in [6, 6.07) is 6.64. The van der Waals surface area contributed by atoms with Crippen molar-refractivity contribution in [3.05, 3.63) is 42.2 Å². The molecule has 2 rings (SSSR count). The fourth-order valence-corrected chi connectivity index (χ4v) is 1.69. The summed E-state index contributed by atoms with van der Waals surface area (Å²) in [4.78, 5) is 19.0. The van der Waals surface area contributed by atoms with E-state index in [1.54, 1.807) is 36.7 Å². The molecule has 2 aromatic rings. The normalized spacial score (nSPS) is 10.2. The molecule has 5 heteroatoms. The zero-order chi connectivity index (χ0) is 12.3. The molecule has 4 nitrogen and oxygen atoms in total. The number of thioether (sulfide) groups is 1. The van der Waals surface area contributed by atoms with E-state index in [-0.39, 0.29) is 5.56 Å². The van der Waals surface area contributed by atoms with Crippen molar-refractivity contribution in [3.63, 3.8) is 0 Å².